The number of cyclic esters (lactones) is 1. The molecule has 6 N–H and O–H groups in total. The average Bonchev–Trinajstić information content (AvgIpc) is 3.46. The standard InChI is InChI=1S/C29H42O11/c1-14-22(33)23(34)24(35)25(39-14)40-16-3-6-27(13-30)19-10-20(31)26(2)17(15-9-21(32)38-12-15)5-8-29(26,37)18(19)4-7-28(27,36)11-16/h9,13-14,16-20,22-25,31,33-37H,3-8,10-12H2,1-2H3/t14-,16+,17+,18+,19-,20-,22-,23-,24-,25+,26+,27+,28-,29+/m1/s1. The zero-order chi connectivity index (χ0) is 28.8. The van der Waals surface area contributed by atoms with Gasteiger partial charge in [0, 0.05) is 17.9 Å². The van der Waals surface area contributed by atoms with Gasteiger partial charge in [-0.15, -0.1) is 0 Å². The maximum absolute atomic E-state index is 13.0. The first kappa shape index (κ1) is 28.7. The van der Waals surface area contributed by atoms with E-state index in [1.807, 2.05) is 6.92 Å². The molecule has 0 spiro atoms. The summed E-state index contributed by atoms with van der Waals surface area (Å²) in [6.07, 6.45) is -2.70. The van der Waals surface area contributed by atoms with Gasteiger partial charge in [0.05, 0.1) is 34.9 Å². The second kappa shape index (κ2) is 9.54. The fourth-order valence-corrected chi connectivity index (χ4v) is 9.74. The van der Waals surface area contributed by atoms with Gasteiger partial charge in [0.15, 0.2) is 6.29 Å². The van der Waals surface area contributed by atoms with Crippen molar-refractivity contribution in [3.63, 3.8) is 0 Å². The van der Waals surface area contributed by atoms with Crippen molar-refractivity contribution >= 4 is 12.3 Å². The molecule has 0 bridgehead atoms. The Morgan fingerprint density at radius 2 is 1.75 bits per heavy atom. The van der Waals surface area contributed by atoms with E-state index >= 15 is 0 Å². The van der Waals surface area contributed by atoms with Crippen LogP contribution in [0.4, 0.5) is 0 Å². The predicted molar refractivity (Wildman–Crippen MR) is 136 cm³/mol. The number of aliphatic hydroxyl groups excluding tert-OH is 4. The van der Waals surface area contributed by atoms with Gasteiger partial charge >= 0.3 is 5.97 Å². The molecule has 40 heavy (non-hydrogen) atoms. The van der Waals surface area contributed by atoms with Crippen LogP contribution in [-0.4, -0.2) is 104 Å². The van der Waals surface area contributed by atoms with Crippen LogP contribution in [-0.2, 0) is 23.8 Å². The molecule has 14 atom stereocenters. The van der Waals surface area contributed by atoms with E-state index in [0.717, 1.165) is 11.9 Å². The highest BCUT2D eigenvalue weighted by molar-refractivity contribution is 5.85. The largest absolute Gasteiger partial charge is 0.458 e. The summed E-state index contributed by atoms with van der Waals surface area (Å²) in [5, 5.41) is 66.7. The molecule has 11 nitrogen and oxygen atoms in total. The molecule has 4 saturated carbocycles. The summed E-state index contributed by atoms with van der Waals surface area (Å²) in [7, 11) is 0. The number of hydrogen-bond donors (Lipinski definition) is 6. The van der Waals surface area contributed by atoms with E-state index in [1.54, 1.807) is 6.92 Å². The van der Waals surface area contributed by atoms with Crippen molar-refractivity contribution in [2.45, 2.75) is 119 Å². The molecule has 6 aliphatic rings. The van der Waals surface area contributed by atoms with Gasteiger partial charge in [-0.1, -0.05) is 6.92 Å². The molecule has 6 rings (SSSR count). The molecule has 224 valence electrons. The molecule has 11 heteroatoms. The first-order valence-electron chi connectivity index (χ1n) is 14.6. The van der Waals surface area contributed by atoms with Crippen LogP contribution < -0.4 is 0 Å². The predicted octanol–water partition coefficient (Wildman–Crippen LogP) is -0.279. The van der Waals surface area contributed by atoms with Crippen molar-refractivity contribution < 1.29 is 54.4 Å². The van der Waals surface area contributed by atoms with E-state index in [0.29, 0.717) is 25.7 Å². The molecule has 0 radical (unpaired) electrons. The van der Waals surface area contributed by atoms with Crippen molar-refractivity contribution in [2.24, 2.45) is 28.6 Å². The van der Waals surface area contributed by atoms with Gasteiger partial charge in [0.1, 0.15) is 31.2 Å². The Kier molecular flexibility index (Phi) is 6.83. The van der Waals surface area contributed by atoms with Crippen LogP contribution in [0.1, 0.15) is 65.2 Å². The number of aliphatic hydroxyl groups is 6. The number of carbonyl (C=O) groups is 2. The zero-order valence-corrected chi connectivity index (χ0v) is 23.0. The van der Waals surface area contributed by atoms with Gasteiger partial charge in [0.25, 0.3) is 0 Å². The Morgan fingerprint density at radius 1 is 1.00 bits per heavy atom. The van der Waals surface area contributed by atoms with Crippen LogP contribution in [0.3, 0.4) is 0 Å². The molecule has 1 saturated heterocycles. The van der Waals surface area contributed by atoms with Gasteiger partial charge in [-0.3, -0.25) is 0 Å². The van der Waals surface area contributed by atoms with Gasteiger partial charge in [-0.05, 0) is 75.2 Å². The number of esters is 1. The van der Waals surface area contributed by atoms with E-state index in [-0.39, 0.29) is 44.1 Å². The third-order valence-electron chi connectivity index (χ3n) is 12.1. The highest BCUT2D eigenvalue weighted by Crippen LogP contribution is 2.70. The molecule has 0 aromatic rings. The number of fused-ring (bicyclic) bond motifs is 5. The first-order valence-corrected chi connectivity index (χ1v) is 14.6. The second-order valence-corrected chi connectivity index (χ2v) is 13.5. The summed E-state index contributed by atoms with van der Waals surface area (Å²) in [6.45, 7) is 3.61. The number of carbonyl (C=O) groups excluding carboxylic acids is 2. The fourth-order valence-electron chi connectivity index (χ4n) is 9.74. The quantitative estimate of drug-likeness (QED) is 0.149. The summed E-state index contributed by atoms with van der Waals surface area (Å²) >= 11 is 0. The van der Waals surface area contributed by atoms with Gasteiger partial charge < -0.3 is 49.6 Å². The van der Waals surface area contributed by atoms with E-state index in [4.69, 9.17) is 14.2 Å². The Morgan fingerprint density at radius 3 is 2.42 bits per heavy atom. The number of rotatable bonds is 4. The Balaban J connectivity index is 1.25. The lowest BCUT2D eigenvalue weighted by atomic mass is 9.41. The molecule has 0 aromatic heterocycles. The number of aldehydes is 1. The van der Waals surface area contributed by atoms with E-state index in [2.05, 4.69) is 0 Å². The summed E-state index contributed by atoms with van der Waals surface area (Å²) in [4.78, 5) is 24.8. The minimum atomic E-state index is -1.47. The number of hydrogen-bond acceptors (Lipinski definition) is 11. The molecule has 0 amide bonds. The third kappa shape index (κ3) is 3.71. The van der Waals surface area contributed by atoms with Crippen LogP contribution in [0.5, 0.6) is 0 Å². The average molecular weight is 567 g/mol. The van der Waals surface area contributed by atoms with Crippen molar-refractivity contribution in [2.75, 3.05) is 6.61 Å². The summed E-state index contributed by atoms with van der Waals surface area (Å²) in [5.74, 6) is -1.42. The Labute approximate surface area is 233 Å². The first-order chi connectivity index (χ1) is 18.8. The van der Waals surface area contributed by atoms with Gasteiger partial charge in [-0.25, -0.2) is 4.79 Å². The monoisotopic (exact) mass is 566 g/mol. The lowest BCUT2D eigenvalue weighted by Gasteiger charge is -2.66. The highest BCUT2D eigenvalue weighted by atomic mass is 16.7. The molecule has 2 aliphatic heterocycles. The minimum absolute atomic E-state index is 0.0926. The lowest BCUT2D eigenvalue weighted by Crippen LogP contribution is -2.71. The second-order valence-electron chi connectivity index (χ2n) is 13.5. The fraction of sp³-hybridized carbons (Fsp3) is 0.862. The maximum Gasteiger partial charge on any atom is 0.331 e. The lowest BCUT2D eigenvalue weighted by molar-refractivity contribution is -0.319. The summed E-state index contributed by atoms with van der Waals surface area (Å²) in [5.41, 5.74) is -4.09. The smallest absolute Gasteiger partial charge is 0.331 e. The Hall–Kier alpha value is -1.44. The van der Waals surface area contributed by atoms with E-state index < -0.39 is 76.8 Å². The molecule has 5 fully saturated rings. The third-order valence-corrected chi connectivity index (χ3v) is 12.1. The number of ether oxygens (including phenoxy) is 3. The Bertz CT molecular complexity index is 1080. The van der Waals surface area contributed by atoms with Crippen LogP contribution in [0, 0.1) is 28.6 Å². The van der Waals surface area contributed by atoms with Crippen LogP contribution in [0.15, 0.2) is 11.6 Å². The van der Waals surface area contributed by atoms with E-state index in [9.17, 15) is 40.2 Å². The van der Waals surface area contributed by atoms with Crippen molar-refractivity contribution in [1.82, 2.24) is 0 Å². The van der Waals surface area contributed by atoms with Gasteiger partial charge in [-0.2, -0.15) is 0 Å². The van der Waals surface area contributed by atoms with Crippen LogP contribution in [0.25, 0.3) is 0 Å². The topological polar surface area (TPSA) is 183 Å². The molecular weight excluding hydrogens is 524 g/mol. The normalized spacial score (nSPS) is 56.0. The SMILES string of the molecule is C[C@H]1O[C@@H](O[C@H]2CC[C@]3(C=O)[C@@H]4C[C@@H](O)[C@]5(C)[C@H](C6=CC(=O)OC6)CC[C@]5(O)[C@H]4CC[C@@]3(O)C2)[C@H](O)[C@H](O)[C@@H]1O. The molecule has 0 unspecified atom stereocenters. The zero-order valence-electron chi connectivity index (χ0n) is 23.0. The van der Waals surface area contributed by atoms with Crippen molar-refractivity contribution in [3.05, 3.63) is 11.6 Å². The van der Waals surface area contributed by atoms with Crippen molar-refractivity contribution in [3.8, 4) is 0 Å². The van der Waals surface area contributed by atoms with E-state index in [1.165, 1.54) is 6.08 Å². The highest BCUT2D eigenvalue weighted by Gasteiger charge is 2.74. The molecule has 4 aliphatic carbocycles. The molecule has 2 heterocycles. The minimum Gasteiger partial charge on any atom is -0.458 e. The maximum atomic E-state index is 13.0. The molecular formula is C29H42O11. The van der Waals surface area contributed by atoms with Gasteiger partial charge in [0.2, 0.25) is 0 Å². The summed E-state index contributed by atoms with van der Waals surface area (Å²) in [6, 6.07) is 0. The van der Waals surface area contributed by atoms with Crippen LogP contribution >= 0.6 is 0 Å². The van der Waals surface area contributed by atoms with Crippen molar-refractivity contribution in [1.29, 1.82) is 0 Å². The molecule has 0 aromatic carbocycles. The summed E-state index contributed by atoms with van der Waals surface area (Å²) < 4.78 is 16.8. The van der Waals surface area contributed by atoms with Crippen LogP contribution in [0.2, 0.25) is 0 Å².